The number of nitro groups is 2. The van der Waals surface area contributed by atoms with Crippen LogP contribution in [0.2, 0.25) is 0 Å². The molecule has 98 valence electrons. The van der Waals surface area contributed by atoms with E-state index in [-0.39, 0.29) is 6.61 Å². The zero-order valence-corrected chi connectivity index (χ0v) is 9.27. The summed E-state index contributed by atoms with van der Waals surface area (Å²) in [5, 5.41) is 36.8. The molecule has 1 rings (SSSR count). The normalized spacial score (nSPS) is 9.00. The van der Waals surface area contributed by atoms with Crippen molar-refractivity contribution in [3.05, 3.63) is 44.0 Å². The number of carboxylic acid groups (broad SMARTS) is 1. The molecule has 0 radical (unpaired) electrons. The molecule has 0 aromatic heterocycles. The Bertz CT molecular complexity index is 393. The Balaban J connectivity index is 0.000000873. The summed E-state index contributed by atoms with van der Waals surface area (Å²) in [7, 11) is 0. The van der Waals surface area contributed by atoms with Crippen LogP contribution in [0.15, 0.2) is 18.2 Å². The van der Waals surface area contributed by atoms with Crippen LogP contribution < -0.4 is 0 Å². The van der Waals surface area contributed by atoms with E-state index in [9.17, 15) is 25.0 Å². The quantitative estimate of drug-likeness (QED) is 0.611. The Morgan fingerprint density at radius 1 is 1.17 bits per heavy atom. The predicted molar refractivity (Wildman–Crippen MR) is 59.5 cm³/mol. The molecule has 2 N–H and O–H groups in total. The van der Waals surface area contributed by atoms with E-state index >= 15 is 0 Å². The second kappa shape index (κ2) is 6.91. The maximum absolute atomic E-state index is 10.5. The fraction of sp³-hybridized carbons (Fsp3) is 0.222. The number of nitro benzene ring substituents is 2. The van der Waals surface area contributed by atoms with Gasteiger partial charge in [0.25, 0.3) is 11.4 Å². The van der Waals surface area contributed by atoms with Gasteiger partial charge in [-0.1, -0.05) is 0 Å². The first-order chi connectivity index (χ1) is 8.33. The van der Waals surface area contributed by atoms with E-state index in [1.807, 2.05) is 0 Å². The summed E-state index contributed by atoms with van der Waals surface area (Å²) in [5.74, 6) is -1.46. The van der Waals surface area contributed by atoms with Gasteiger partial charge in [0.2, 0.25) is 0 Å². The minimum atomic E-state index is -1.46. The maximum Gasteiger partial charge on any atom is 0.336 e. The summed E-state index contributed by atoms with van der Waals surface area (Å²) in [6.45, 7) is 1.93. The van der Waals surface area contributed by atoms with Gasteiger partial charge < -0.3 is 10.2 Å². The minimum absolute atomic E-state index is 0.250. The molecular weight excluding hydrogens is 248 g/mol. The van der Waals surface area contributed by atoms with E-state index in [0.717, 1.165) is 12.1 Å². The number of nitrogens with zero attached hydrogens (tertiary/aromatic N) is 2. The first kappa shape index (κ1) is 15.4. The molecule has 0 amide bonds. The number of benzene rings is 1. The highest BCUT2D eigenvalue weighted by atomic mass is 16.6. The van der Waals surface area contributed by atoms with Gasteiger partial charge in [0.15, 0.2) is 0 Å². The molecule has 9 heteroatoms. The van der Waals surface area contributed by atoms with Crippen molar-refractivity contribution in [1.82, 2.24) is 0 Å². The largest absolute Gasteiger partial charge is 0.478 e. The Labute approximate surface area is 101 Å². The molecule has 1 aromatic carbocycles. The Morgan fingerprint density at radius 3 is 1.72 bits per heavy atom. The van der Waals surface area contributed by atoms with E-state index in [2.05, 4.69) is 0 Å². The lowest BCUT2D eigenvalue weighted by Gasteiger charge is -1.96. The van der Waals surface area contributed by atoms with Crippen molar-refractivity contribution in [3.8, 4) is 0 Å². The van der Waals surface area contributed by atoms with Crippen molar-refractivity contribution < 1.29 is 24.9 Å². The molecule has 0 heterocycles. The summed E-state index contributed by atoms with van der Waals surface area (Å²) >= 11 is 0. The Morgan fingerprint density at radius 2 is 1.50 bits per heavy atom. The van der Waals surface area contributed by atoms with Crippen molar-refractivity contribution in [2.24, 2.45) is 0 Å². The summed E-state index contributed by atoms with van der Waals surface area (Å²) in [6.07, 6.45) is 0. The summed E-state index contributed by atoms with van der Waals surface area (Å²) in [6, 6.07) is 2.22. The zero-order valence-electron chi connectivity index (χ0n) is 9.27. The van der Waals surface area contributed by atoms with Crippen molar-refractivity contribution >= 4 is 17.3 Å². The van der Waals surface area contributed by atoms with Gasteiger partial charge in [0.05, 0.1) is 21.5 Å². The molecule has 0 aliphatic heterocycles. The average molecular weight is 258 g/mol. The van der Waals surface area contributed by atoms with Gasteiger partial charge in [-0.05, 0) is 6.92 Å². The van der Waals surface area contributed by atoms with E-state index in [4.69, 9.17) is 10.2 Å². The molecule has 0 spiro atoms. The van der Waals surface area contributed by atoms with Gasteiger partial charge in [-0.15, -0.1) is 0 Å². The van der Waals surface area contributed by atoms with Crippen molar-refractivity contribution in [3.63, 3.8) is 0 Å². The van der Waals surface area contributed by atoms with Gasteiger partial charge in [-0.25, -0.2) is 4.79 Å². The van der Waals surface area contributed by atoms with Crippen LogP contribution in [0.3, 0.4) is 0 Å². The Hall–Kier alpha value is -2.55. The van der Waals surface area contributed by atoms with Crippen molar-refractivity contribution in [2.45, 2.75) is 6.92 Å². The fourth-order valence-electron chi connectivity index (χ4n) is 0.929. The van der Waals surface area contributed by atoms with Gasteiger partial charge in [-0.3, -0.25) is 20.2 Å². The number of carbonyl (C=O) groups is 1. The molecule has 0 unspecified atom stereocenters. The van der Waals surface area contributed by atoms with E-state index in [1.165, 1.54) is 0 Å². The van der Waals surface area contributed by atoms with E-state index < -0.39 is 32.8 Å². The lowest BCUT2D eigenvalue weighted by atomic mass is 10.2. The van der Waals surface area contributed by atoms with Gasteiger partial charge in [0, 0.05) is 18.7 Å². The number of hydrogen-bond acceptors (Lipinski definition) is 6. The predicted octanol–water partition coefficient (Wildman–Crippen LogP) is 1.20. The number of aliphatic hydroxyl groups is 1. The third kappa shape index (κ3) is 4.53. The highest BCUT2D eigenvalue weighted by molar-refractivity contribution is 5.89. The SMILES string of the molecule is CCO.O=C(O)c1cc([N+](=O)[O-])cc([N+](=O)[O-])c1. The maximum atomic E-state index is 10.5. The summed E-state index contributed by atoms with van der Waals surface area (Å²) < 4.78 is 0. The van der Waals surface area contributed by atoms with Crippen LogP contribution >= 0.6 is 0 Å². The molecule has 18 heavy (non-hydrogen) atoms. The minimum Gasteiger partial charge on any atom is -0.478 e. The van der Waals surface area contributed by atoms with E-state index in [1.54, 1.807) is 6.92 Å². The lowest BCUT2D eigenvalue weighted by Crippen LogP contribution is -2.00. The number of carboxylic acids is 1. The lowest BCUT2D eigenvalue weighted by molar-refractivity contribution is -0.394. The van der Waals surface area contributed by atoms with Crippen LogP contribution in [0.25, 0.3) is 0 Å². The van der Waals surface area contributed by atoms with Crippen LogP contribution in [0, 0.1) is 20.2 Å². The van der Waals surface area contributed by atoms with Gasteiger partial charge in [-0.2, -0.15) is 0 Å². The monoisotopic (exact) mass is 258 g/mol. The number of rotatable bonds is 3. The molecule has 0 aliphatic rings. The van der Waals surface area contributed by atoms with Crippen molar-refractivity contribution in [1.29, 1.82) is 0 Å². The third-order valence-corrected chi connectivity index (χ3v) is 1.57. The molecule has 9 nitrogen and oxygen atoms in total. The molecule has 0 bridgehead atoms. The highest BCUT2D eigenvalue weighted by Crippen LogP contribution is 2.22. The van der Waals surface area contributed by atoms with Gasteiger partial charge in [0.1, 0.15) is 0 Å². The molecule has 0 atom stereocenters. The van der Waals surface area contributed by atoms with Gasteiger partial charge >= 0.3 is 5.97 Å². The van der Waals surface area contributed by atoms with Crippen LogP contribution in [-0.4, -0.2) is 32.6 Å². The number of hydrogen-bond donors (Lipinski definition) is 2. The number of aromatic carboxylic acids is 1. The molecule has 0 aliphatic carbocycles. The fourth-order valence-corrected chi connectivity index (χ4v) is 0.929. The average Bonchev–Trinajstić information content (AvgIpc) is 2.29. The van der Waals surface area contributed by atoms with Crippen molar-refractivity contribution in [2.75, 3.05) is 6.61 Å². The number of non-ortho nitro benzene ring substituents is 2. The molecule has 0 saturated carbocycles. The highest BCUT2D eigenvalue weighted by Gasteiger charge is 2.19. The second-order valence-electron chi connectivity index (χ2n) is 2.87. The van der Waals surface area contributed by atoms with E-state index in [0.29, 0.717) is 6.07 Å². The Kier molecular flexibility index (Phi) is 5.93. The van der Waals surface area contributed by atoms with Crippen LogP contribution in [0.5, 0.6) is 0 Å². The topological polar surface area (TPSA) is 144 Å². The number of aliphatic hydroxyl groups excluding tert-OH is 1. The standard InChI is InChI=1S/C7H4N2O6.C2H6O/c10-7(11)4-1-5(8(12)13)3-6(2-4)9(14)15;1-2-3/h1-3H,(H,10,11);3H,2H2,1H3. The molecule has 0 saturated heterocycles. The smallest absolute Gasteiger partial charge is 0.336 e. The van der Waals surface area contributed by atoms with Crippen LogP contribution in [-0.2, 0) is 0 Å². The summed E-state index contributed by atoms with van der Waals surface area (Å²) in [5.41, 5.74) is -1.74. The first-order valence-corrected chi connectivity index (χ1v) is 4.61. The van der Waals surface area contributed by atoms with Crippen LogP contribution in [0.4, 0.5) is 11.4 Å². The zero-order chi connectivity index (χ0) is 14.3. The molecule has 0 fully saturated rings. The van der Waals surface area contributed by atoms with Crippen LogP contribution in [0.1, 0.15) is 17.3 Å². The molecular formula is C9H10N2O7. The third-order valence-electron chi connectivity index (χ3n) is 1.57. The summed E-state index contributed by atoms with van der Waals surface area (Å²) in [4.78, 5) is 29.4. The molecule has 1 aromatic rings. The first-order valence-electron chi connectivity index (χ1n) is 4.61. The second-order valence-corrected chi connectivity index (χ2v) is 2.87.